The molecule has 0 atom stereocenters. The number of allylic oxidation sites excluding steroid dienone is 5. The zero-order valence-electron chi connectivity index (χ0n) is 11.6. The van der Waals surface area contributed by atoms with Gasteiger partial charge in [0.15, 0.2) is 0 Å². The molecule has 3 heteroatoms. The van der Waals surface area contributed by atoms with Crippen molar-refractivity contribution in [2.75, 3.05) is 14.2 Å². The maximum Gasteiger partial charge on any atom is 0.122 e. The first-order valence-electron chi connectivity index (χ1n) is 6.20. The van der Waals surface area contributed by atoms with Crippen molar-refractivity contribution < 1.29 is 9.47 Å². The molecule has 0 aliphatic heterocycles. The molecule has 0 bridgehead atoms. The fourth-order valence-electron chi connectivity index (χ4n) is 2.16. The lowest BCUT2D eigenvalue weighted by atomic mass is 9.94. The molecule has 0 fully saturated rings. The summed E-state index contributed by atoms with van der Waals surface area (Å²) in [7, 11) is 3.35. The third-order valence-corrected chi connectivity index (χ3v) is 3.32. The Hall–Kier alpha value is -2.16. The number of hydrogen-bond acceptors (Lipinski definition) is 3. The highest BCUT2D eigenvalue weighted by Crippen LogP contribution is 2.31. The second kappa shape index (κ2) is 5.65. The van der Waals surface area contributed by atoms with Crippen molar-refractivity contribution in [3.05, 3.63) is 59.0 Å². The fourth-order valence-corrected chi connectivity index (χ4v) is 2.16. The highest BCUT2D eigenvalue weighted by molar-refractivity contribution is 5.72. The van der Waals surface area contributed by atoms with Crippen LogP contribution >= 0.6 is 0 Å². The quantitative estimate of drug-likeness (QED) is 0.904. The summed E-state index contributed by atoms with van der Waals surface area (Å²) in [5, 5.41) is 0. The zero-order valence-corrected chi connectivity index (χ0v) is 11.6. The third kappa shape index (κ3) is 2.81. The molecule has 1 aliphatic rings. The molecule has 2 rings (SSSR count). The molecule has 0 aromatic heterocycles. The molecular weight excluding hydrogens is 238 g/mol. The number of hydrogen-bond donors (Lipinski definition) is 1. The largest absolute Gasteiger partial charge is 0.497 e. The van der Waals surface area contributed by atoms with Gasteiger partial charge in [-0.25, -0.2) is 0 Å². The van der Waals surface area contributed by atoms with Crippen LogP contribution in [0.25, 0.3) is 5.57 Å². The van der Waals surface area contributed by atoms with Gasteiger partial charge in [-0.1, -0.05) is 12.1 Å². The first-order valence-corrected chi connectivity index (χ1v) is 6.20. The van der Waals surface area contributed by atoms with Crippen LogP contribution in [0.1, 0.15) is 18.9 Å². The van der Waals surface area contributed by atoms with Crippen LogP contribution in [0.3, 0.4) is 0 Å². The second-order valence-corrected chi connectivity index (χ2v) is 4.49. The van der Waals surface area contributed by atoms with E-state index in [9.17, 15) is 0 Å². The lowest BCUT2D eigenvalue weighted by molar-refractivity contribution is 0.298. The topological polar surface area (TPSA) is 44.5 Å². The summed E-state index contributed by atoms with van der Waals surface area (Å²) in [6.07, 6.45) is 4.53. The van der Waals surface area contributed by atoms with Gasteiger partial charge in [-0.2, -0.15) is 0 Å². The van der Waals surface area contributed by atoms with Gasteiger partial charge in [0.1, 0.15) is 11.5 Å². The minimum atomic E-state index is 0.720. The summed E-state index contributed by atoms with van der Waals surface area (Å²) in [6.45, 7) is 2.09. The van der Waals surface area contributed by atoms with Crippen molar-refractivity contribution in [2.45, 2.75) is 13.3 Å². The predicted octanol–water partition coefficient (Wildman–Crippen LogP) is 3.25. The number of rotatable bonds is 3. The Bertz CT molecular complexity index is 551. The number of nitrogens with two attached hydrogens (primary N) is 1. The van der Waals surface area contributed by atoms with E-state index >= 15 is 0 Å². The highest BCUT2D eigenvalue weighted by atomic mass is 16.5. The maximum absolute atomic E-state index is 5.91. The number of methoxy groups -OCH3 is 2. The van der Waals surface area contributed by atoms with E-state index in [2.05, 4.69) is 6.92 Å². The normalized spacial score (nSPS) is 17.4. The van der Waals surface area contributed by atoms with Gasteiger partial charge in [-0.3, -0.25) is 0 Å². The molecule has 1 aromatic rings. The summed E-state index contributed by atoms with van der Waals surface area (Å²) in [5.41, 5.74) is 10.2. The van der Waals surface area contributed by atoms with Gasteiger partial charge < -0.3 is 15.2 Å². The third-order valence-electron chi connectivity index (χ3n) is 3.32. The van der Waals surface area contributed by atoms with Crippen molar-refractivity contribution >= 4 is 5.57 Å². The average Bonchev–Trinajstić information content (AvgIpc) is 2.46. The number of benzene rings is 1. The molecule has 1 aliphatic carbocycles. The first-order chi connectivity index (χ1) is 9.15. The van der Waals surface area contributed by atoms with E-state index in [1.807, 2.05) is 36.4 Å². The molecule has 0 spiro atoms. The van der Waals surface area contributed by atoms with Crippen molar-refractivity contribution in [1.82, 2.24) is 0 Å². The van der Waals surface area contributed by atoms with E-state index in [1.165, 1.54) is 5.57 Å². The Balaban J connectivity index is 2.39. The van der Waals surface area contributed by atoms with Gasteiger partial charge in [0.2, 0.25) is 0 Å². The van der Waals surface area contributed by atoms with Gasteiger partial charge >= 0.3 is 0 Å². The fraction of sp³-hybridized carbons (Fsp3) is 0.250. The van der Waals surface area contributed by atoms with Gasteiger partial charge in [0.25, 0.3) is 0 Å². The first kappa shape index (κ1) is 13.3. The van der Waals surface area contributed by atoms with Crippen molar-refractivity contribution in [3.8, 4) is 5.75 Å². The lowest BCUT2D eigenvalue weighted by Gasteiger charge is -2.18. The SMILES string of the molecule is COC1=CC=C(N)C/C1=C(/C)c1ccc(OC)cc1. The molecule has 0 saturated carbocycles. The summed E-state index contributed by atoms with van der Waals surface area (Å²) in [5.74, 6) is 1.73. The molecule has 19 heavy (non-hydrogen) atoms. The molecule has 0 unspecified atom stereocenters. The highest BCUT2D eigenvalue weighted by Gasteiger charge is 2.15. The van der Waals surface area contributed by atoms with Crippen LogP contribution < -0.4 is 10.5 Å². The molecule has 0 amide bonds. The van der Waals surface area contributed by atoms with Crippen molar-refractivity contribution in [3.63, 3.8) is 0 Å². The van der Waals surface area contributed by atoms with E-state index in [0.717, 1.165) is 34.8 Å². The van der Waals surface area contributed by atoms with E-state index in [4.69, 9.17) is 15.2 Å². The van der Waals surface area contributed by atoms with Gasteiger partial charge in [0.05, 0.1) is 14.2 Å². The minimum Gasteiger partial charge on any atom is -0.497 e. The van der Waals surface area contributed by atoms with E-state index < -0.39 is 0 Å². The van der Waals surface area contributed by atoms with E-state index in [1.54, 1.807) is 14.2 Å². The average molecular weight is 257 g/mol. The summed E-state index contributed by atoms with van der Waals surface area (Å²) in [6, 6.07) is 8.00. The lowest BCUT2D eigenvalue weighted by Crippen LogP contribution is -2.07. The van der Waals surface area contributed by atoms with Crippen LogP contribution in [0.4, 0.5) is 0 Å². The molecule has 3 nitrogen and oxygen atoms in total. The predicted molar refractivity (Wildman–Crippen MR) is 77.6 cm³/mol. The van der Waals surface area contributed by atoms with Crippen molar-refractivity contribution in [2.24, 2.45) is 5.73 Å². The summed E-state index contributed by atoms with van der Waals surface area (Å²) in [4.78, 5) is 0. The minimum absolute atomic E-state index is 0.720. The van der Waals surface area contributed by atoms with Gasteiger partial charge in [-0.15, -0.1) is 0 Å². The Kier molecular flexibility index (Phi) is 3.95. The maximum atomic E-state index is 5.91. The van der Waals surface area contributed by atoms with Crippen LogP contribution in [-0.4, -0.2) is 14.2 Å². The van der Waals surface area contributed by atoms with E-state index in [0.29, 0.717) is 0 Å². The number of ether oxygens (including phenoxy) is 2. The van der Waals surface area contributed by atoms with Gasteiger partial charge in [0, 0.05) is 17.7 Å². The molecule has 0 heterocycles. The second-order valence-electron chi connectivity index (χ2n) is 4.49. The standard InChI is InChI=1S/C16H19NO2/c1-11(12-4-7-14(18-2)8-5-12)15-10-13(17)6-9-16(15)19-3/h4-9H,10,17H2,1-3H3/b15-11+. The molecule has 1 aromatic carbocycles. The molecule has 100 valence electrons. The Morgan fingerprint density at radius 2 is 1.74 bits per heavy atom. The Morgan fingerprint density at radius 3 is 2.32 bits per heavy atom. The smallest absolute Gasteiger partial charge is 0.122 e. The van der Waals surface area contributed by atoms with Crippen LogP contribution in [-0.2, 0) is 4.74 Å². The van der Waals surface area contributed by atoms with Crippen LogP contribution in [0.15, 0.2) is 53.4 Å². The summed E-state index contributed by atoms with van der Waals surface area (Å²) >= 11 is 0. The van der Waals surface area contributed by atoms with E-state index in [-0.39, 0.29) is 0 Å². The monoisotopic (exact) mass is 257 g/mol. The molecular formula is C16H19NO2. The molecule has 2 N–H and O–H groups in total. The zero-order chi connectivity index (χ0) is 13.8. The Morgan fingerprint density at radius 1 is 1.05 bits per heavy atom. The summed E-state index contributed by atoms with van der Waals surface area (Å²) < 4.78 is 10.6. The molecule has 0 saturated heterocycles. The van der Waals surface area contributed by atoms with Crippen LogP contribution in [0.5, 0.6) is 5.75 Å². The van der Waals surface area contributed by atoms with Crippen LogP contribution in [0.2, 0.25) is 0 Å². The molecule has 0 radical (unpaired) electrons. The van der Waals surface area contributed by atoms with Crippen LogP contribution in [0, 0.1) is 0 Å². The van der Waals surface area contributed by atoms with Gasteiger partial charge in [-0.05, 0) is 42.3 Å². The van der Waals surface area contributed by atoms with Crippen molar-refractivity contribution in [1.29, 1.82) is 0 Å². The Labute approximate surface area is 114 Å².